The van der Waals surface area contributed by atoms with Crippen LogP contribution < -0.4 is 4.90 Å². The molecule has 0 saturated carbocycles. The first-order valence-corrected chi connectivity index (χ1v) is 25.2. The molecule has 12 aromatic carbocycles. The molecule has 1 aliphatic heterocycles. The molecule has 1 aliphatic rings. The van der Waals surface area contributed by atoms with Crippen molar-refractivity contribution in [3.8, 4) is 50.2 Å². The summed E-state index contributed by atoms with van der Waals surface area (Å²) in [6.07, 6.45) is 8.62. The summed E-state index contributed by atoms with van der Waals surface area (Å²) in [5.41, 5.74) is 17.4. The third kappa shape index (κ3) is 7.02. The van der Waals surface area contributed by atoms with Gasteiger partial charge in [0.1, 0.15) is 0 Å². The smallest absolute Gasteiger partial charge is 0.0541 e. The Balaban J connectivity index is 0.909. The molecule has 0 radical (unpaired) electrons. The maximum atomic E-state index is 4.65. The summed E-state index contributed by atoms with van der Waals surface area (Å²) in [4.78, 5) is 2.42. The number of hydrogen-bond acceptors (Lipinski definition) is 1. The SMILES string of the molecule is C=C1/C=C\C=C/CN(c2ccc(-c3cc(-c4ccccc4)c4c5ccccc5c5ccccc5c4c3-c3ccccc3)cc2)c2ccc(-c3ccc4c(c3)c3ccccc3n4-c3cccc4ccccc34)cc21. The normalized spacial score (nSPS) is 13.6. The fourth-order valence-electron chi connectivity index (χ4n) is 11.8. The number of nitrogens with zero attached hydrogens (tertiary/aromatic N) is 2. The number of anilines is 2. The monoisotopic (exact) mass is 928 g/mol. The Morgan fingerprint density at radius 3 is 1.68 bits per heavy atom. The van der Waals surface area contributed by atoms with Crippen molar-refractivity contribution in [1.82, 2.24) is 4.57 Å². The average molecular weight is 929 g/mol. The van der Waals surface area contributed by atoms with Gasteiger partial charge in [-0.15, -0.1) is 0 Å². The lowest BCUT2D eigenvalue weighted by atomic mass is 9.81. The van der Waals surface area contributed by atoms with Gasteiger partial charge in [0.05, 0.1) is 16.7 Å². The summed E-state index contributed by atoms with van der Waals surface area (Å²) in [5.74, 6) is 0. The van der Waals surface area contributed by atoms with Gasteiger partial charge in [0, 0.05) is 39.6 Å². The lowest BCUT2D eigenvalue weighted by Gasteiger charge is -2.27. The van der Waals surface area contributed by atoms with Crippen LogP contribution in [-0.4, -0.2) is 11.1 Å². The molecule has 0 fully saturated rings. The van der Waals surface area contributed by atoms with Gasteiger partial charge in [-0.05, 0) is 142 Å². The predicted molar refractivity (Wildman–Crippen MR) is 313 cm³/mol. The molecule has 0 saturated heterocycles. The molecule has 0 unspecified atom stereocenters. The first kappa shape index (κ1) is 42.4. The van der Waals surface area contributed by atoms with Crippen LogP contribution in [0, 0.1) is 0 Å². The summed E-state index contributed by atoms with van der Waals surface area (Å²) in [6.45, 7) is 5.35. The molecule has 0 amide bonds. The van der Waals surface area contributed by atoms with Crippen molar-refractivity contribution in [2.75, 3.05) is 11.4 Å². The second-order valence-electron chi connectivity index (χ2n) is 19.2. The van der Waals surface area contributed by atoms with Crippen LogP contribution >= 0.6 is 0 Å². The van der Waals surface area contributed by atoms with Gasteiger partial charge < -0.3 is 9.47 Å². The summed E-state index contributed by atoms with van der Waals surface area (Å²) in [7, 11) is 0. The van der Waals surface area contributed by atoms with Crippen LogP contribution in [0.5, 0.6) is 0 Å². The van der Waals surface area contributed by atoms with E-state index >= 15 is 0 Å². The highest BCUT2D eigenvalue weighted by atomic mass is 15.1. The average Bonchev–Trinajstić information content (AvgIpc) is 3.82. The van der Waals surface area contributed by atoms with E-state index in [4.69, 9.17) is 0 Å². The standard InChI is InChI=1S/C71H48N2/c1-47-20-5-4-18-43-72(65-41-37-52(44-61(47)65)53-38-42-68-64(45-53)58-30-16-17-33-67(58)73(68)66-34-19-26-48-23-10-11-27-55(48)66)54-39-35-50(36-40-54)62-46-63(49-21-6-2-7-22-49)70-59-31-14-12-28-56(59)57-29-13-15-32-60(57)71(70)69(62)51-24-8-3-9-25-51/h2-42,44-46H,1,43H2/b18-4-,20-5-. The largest absolute Gasteiger partial charge is 0.337 e. The van der Waals surface area contributed by atoms with Gasteiger partial charge in [0.25, 0.3) is 0 Å². The highest BCUT2D eigenvalue weighted by Crippen LogP contribution is 2.49. The van der Waals surface area contributed by atoms with Crippen LogP contribution in [-0.2, 0) is 0 Å². The Labute approximate surface area is 425 Å². The van der Waals surface area contributed by atoms with Crippen LogP contribution in [0.3, 0.4) is 0 Å². The van der Waals surface area contributed by atoms with Crippen molar-refractivity contribution < 1.29 is 0 Å². The molecule has 342 valence electrons. The van der Waals surface area contributed by atoms with Crippen molar-refractivity contribution in [3.63, 3.8) is 0 Å². The molecule has 13 aromatic rings. The minimum Gasteiger partial charge on any atom is -0.337 e. The fourth-order valence-corrected chi connectivity index (χ4v) is 11.8. The Morgan fingerprint density at radius 1 is 0.342 bits per heavy atom. The minimum atomic E-state index is 0.700. The van der Waals surface area contributed by atoms with Crippen molar-refractivity contribution in [2.24, 2.45) is 0 Å². The molecule has 0 atom stereocenters. The van der Waals surface area contributed by atoms with Crippen LogP contribution in [0.15, 0.2) is 274 Å². The summed E-state index contributed by atoms with van der Waals surface area (Å²) < 4.78 is 2.43. The van der Waals surface area contributed by atoms with Gasteiger partial charge >= 0.3 is 0 Å². The molecule has 2 heteroatoms. The molecule has 2 nitrogen and oxygen atoms in total. The van der Waals surface area contributed by atoms with Gasteiger partial charge in [0.2, 0.25) is 0 Å². The Morgan fingerprint density at radius 2 is 0.918 bits per heavy atom. The van der Waals surface area contributed by atoms with E-state index in [1.54, 1.807) is 0 Å². The Kier molecular flexibility index (Phi) is 10.1. The second-order valence-corrected chi connectivity index (χ2v) is 19.2. The highest BCUT2D eigenvalue weighted by Gasteiger charge is 2.23. The maximum absolute atomic E-state index is 4.65. The van der Waals surface area contributed by atoms with Crippen molar-refractivity contribution in [2.45, 2.75) is 0 Å². The number of allylic oxidation sites excluding steroid dienone is 4. The summed E-state index contributed by atoms with van der Waals surface area (Å²) in [6, 6.07) is 89.4. The predicted octanol–water partition coefficient (Wildman–Crippen LogP) is 19.3. The van der Waals surface area contributed by atoms with Gasteiger partial charge in [0.15, 0.2) is 0 Å². The molecule has 0 spiro atoms. The number of fused-ring (bicyclic) bond motifs is 11. The topological polar surface area (TPSA) is 8.17 Å². The minimum absolute atomic E-state index is 0.700. The van der Waals surface area contributed by atoms with E-state index in [1.165, 1.54) is 104 Å². The van der Waals surface area contributed by atoms with Crippen LogP contribution in [0.1, 0.15) is 5.56 Å². The van der Waals surface area contributed by atoms with E-state index < -0.39 is 0 Å². The van der Waals surface area contributed by atoms with Crippen molar-refractivity contribution in [3.05, 3.63) is 279 Å². The highest BCUT2D eigenvalue weighted by molar-refractivity contribution is 6.33. The van der Waals surface area contributed by atoms with Crippen molar-refractivity contribution in [1.29, 1.82) is 0 Å². The zero-order chi connectivity index (χ0) is 48.4. The summed E-state index contributed by atoms with van der Waals surface area (Å²) in [5, 5.41) is 12.5. The van der Waals surface area contributed by atoms with E-state index in [9.17, 15) is 0 Å². The van der Waals surface area contributed by atoms with Crippen LogP contribution in [0.4, 0.5) is 11.4 Å². The lowest BCUT2D eigenvalue weighted by molar-refractivity contribution is 1.09. The van der Waals surface area contributed by atoms with Crippen molar-refractivity contribution >= 4 is 81.8 Å². The molecule has 73 heavy (non-hydrogen) atoms. The third-order valence-corrected chi connectivity index (χ3v) is 15.1. The number of hydrogen-bond donors (Lipinski definition) is 0. The second kappa shape index (κ2) is 17.4. The van der Waals surface area contributed by atoms with E-state index in [2.05, 4.69) is 283 Å². The van der Waals surface area contributed by atoms with Crippen LogP contribution in [0.2, 0.25) is 0 Å². The fraction of sp³-hybridized carbons (Fsp3) is 0.0141. The molecule has 2 heterocycles. The zero-order valence-corrected chi connectivity index (χ0v) is 40.2. The Bertz CT molecular complexity index is 4400. The van der Waals surface area contributed by atoms with E-state index in [0.29, 0.717) is 6.54 Å². The first-order chi connectivity index (χ1) is 36.2. The Hall–Kier alpha value is -9.50. The quantitative estimate of drug-likeness (QED) is 0.151. The molecule has 0 N–H and O–H groups in total. The van der Waals surface area contributed by atoms with Gasteiger partial charge in [-0.3, -0.25) is 0 Å². The zero-order valence-electron chi connectivity index (χ0n) is 40.2. The number of rotatable bonds is 6. The van der Waals surface area contributed by atoms with Gasteiger partial charge in [-0.25, -0.2) is 0 Å². The molecule has 1 aromatic heterocycles. The molecular weight excluding hydrogens is 881 g/mol. The third-order valence-electron chi connectivity index (χ3n) is 15.1. The molecule has 14 rings (SSSR count). The van der Waals surface area contributed by atoms with E-state index in [0.717, 1.165) is 33.6 Å². The number of para-hydroxylation sites is 1. The maximum Gasteiger partial charge on any atom is 0.0541 e. The summed E-state index contributed by atoms with van der Waals surface area (Å²) >= 11 is 0. The molecule has 0 aliphatic carbocycles. The van der Waals surface area contributed by atoms with E-state index in [-0.39, 0.29) is 0 Å². The molecular formula is C71H48N2. The number of aromatic nitrogens is 1. The number of benzene rings is 12. The molecule has 0 bridgehead atoms. The van der Waals surface area contributed by atoms with Crippen LogP contribution in [0.25, 0.3) is 121 Å². The first-order valence-electron chi connectivity index (χ1n) is 25.2. The van der Waals surface area contributed by atoms with E-state index in [1.807, 2.05) is 0 Å². The van der Waals surface area contributed by atoms with Gasteiger partial charge in [-0.2, -0.15) is 0 Å². The lowest BCUT2D eigenvalue weighted by Crippen LogP contribution is -2.18. The van der Waals surface area contributed by atoms with Gasteiger partial charge in [-0.1, -0.05) is 219 Å².